The number of carbonyl (C=O) groups excluding carboxylic acids is 2. The summed E-state index contributed by atoms with van der Waals surface area (Å²) in [6.45, 7) is 3.33. The van der Waals surface area contributed by atoms with Crippen LogP contribution in [0, 0.1) is 15.9 Å². The maximum atomic E-state index is 13.6. The molecule has 0 aromatic heterocycles. The number of amides is 1. The van der Waals surface area contributed by atoms with Gasteiger partial charge in [-0.2, -0.15) is 0 Å². The first-order valence-corrected chi connectivity index (χ1v) is 12.1. The number of non-ortho nitro benzene ring substituents is 1. The topological polar surface area (TPSA) is 131 Å². The number of hydrogen-bond donors (Lipinski definition) is 2. The standard InChI is InChI=1S/C27H28FN3O7/c1-16-22(27(34)38-21-7-4-12-30(15-21)14-17-8-10-19(28)11-9-17)23(24(25(32)29-16)26(33)37-2)18-5-3-6-20(13-18)31(35)36/h3,5-6,8-11,13,21,23,33H,4,7,12,14-15H2,1-2H3,(H,29,32)/b26-24-. The third-order valence-corrected chi connectivity index (χ3v) is 6.64. The maximum Gasteiger partial charge on any atom is 0.337 e. The molecule has 0 bridgehead atoms. The number of halogens is 1. The molecule has 38 heavy (non-hydrogen) atoms. The number of aliphatic hydroxyl groups excluding tert-OH is 1. The quantitative estimate of drug-likeness (QED) is 0.183. The summed E-state index contributed by atoms with van der Waals surface area (Å²) in [6, 6.07) is 11.7. The van der Waals surface area contributed by atoms with Crippen LogP contribution in [-0.2, 0) is 25.6 Å². The molecule has 10 nitrogen and oxygen atoms in total. The first-order valence-electron chi connectivity index (χ1n) is 12.1. The van der Waals surface area contributed by atoms with Gasteiger partial charge in [-0.15, -0.1) is 0 Å². The predicted octanol–water partition coefficient (Wildman–Crippen LogP) is 3.85. The van der Waals surface area contributed by atoms with Crippen LogP contribution in [-0.4, -0.2) is 53.1 Å². The second kappa shape index (κ2) is 11.4. The minimum atomic E-state index is -1.16. The highest BCUT2D eigenvalue weighted by molar-refractivity contribution is 6.04. The molecule has 0 spiro atoms. The minimum Gasteiger partial charge on any atom is -0.481 e. The van der Waals surface area contributed by atoms with E-state index < -0.39 is 34.8 Å². The first-order chi connectivity index (χ1) is 18.2. The summed E-state index contributed by atoms with van der Waals surface area (Å²) in [5.74, 6) is -3.59. The molecule has 2 aliphatic heterocycles. The smallest absolute Gasteiger partial charge is 0.337 e. The normalized spacial score (nSPS) is 21.5. The van der Waals surface area contributed by atoms with E-state index in [-0.39, 0.29) is 33.9 Å². The third-order valence-electron chi connectivity index (χ3n) is 6.64. The molecule has 4 rings (SSSR count). The van der Waals surface area contributed by atoms with Crippen molar-refractivity contribution in [1.29, 1.82) is 0 Å². The highest BCUT2D eigenvalue weighted by atomic mass is 19.1. The predicted molar refractivity (Wildman–Crippen MR) is 134 cm³/mol. The highest BCUT2D eigenvalue weighted by Gasteiger charge is 2.41. The average molecular weight is 526 g/mol. The van der Waals surface area contributed by atoms with E-state index in [2.05, 4.69) is 10.2 Å². The molecule has 200 valence electrons. The van der Waals surface area contributed by atoms with Crippen molar-refractivity contribution < 1.29 is 33.5 Å². The van der Waals surface area contributed by atoms with E-state index in [1.54, 1.807) is 12.1 Å². The highest BCUT2D eigenvalue weighted by Crippen LogP contribution is 2.40. The summed E-state index contributed by atoms with van der Waals surface area (Å²) in [5.41, 5.74) is 0.941. The van der Waals surface area contributed by atoms with Gasteiger partial charge in [0.15, 0.2) is 0 Å². The third kappa shape index (κ3) is 5.83. The van der Waals surface area contributed by atoms with Gasteiger partial charge in [0.05, 0.1) is 23.5 Å². The molecule has 2 aliphatic rings. The SMILES string of the molecule is CO/C(O)=C1\C(=O)NC(C)=C(C(=O)OC2CCCN(Cc3ccc(F)cc3)C2)C1c1cccc([N+](=O)[O-])c1. The van der Waals surface area contributed by atoms with Crippen LogP contribution in [0.25, 0.3) is 0 Å². The average Bonchev–Trinajstić information content (AvgIpc) is 2.89. The second-order valence-corrected chi connectivity index (χ2v) is 9.23. The molecule has 0 radical (unpaired) electrons. The summed E-state index contributed by atoms with van der Waals surface area (Å²) in [7, 11) is 1.17. The van der Waals surface area contributed by atoms with E-state index in [0.717, 1.165) is 18.5 Å². The lowest BCUT2D eigenvalue weighted by molar-refractivity contribution is -0.384. The summed E-state index contributed by atoms with van der Waals surface area (Å²) in [5, 5.41) is 24.4. The van der Waals surface area contributed by atoms with Gasteiger partial charge in [0.2, 0.25) is 0 Å². The van der Waals surface area contributed by atoms with E-state index in [0.29, 0.717) is 19.5 Å². The van der Waals surface area contributed by atoms with Crippen molar-refractivity contribution in [3.63, 3.8) is 0 Å². The Hall–Kier alpha value is -4.25. The van der Waals surface area contributed by atoms with E-state index in [1.165, 1.54) is 50.4 Å². The van der Waals surface area contributed by atoms with Crippen molar-refractivity contribution in [2.24, 2.45) is 0 Å². The molecule has 2 heterocycles. The molecule has 0 aliphatic carbocycles. The first kappa shape index (κ1) is 26.8. The van der Waals surface area contributed by atoms with E-state index >= 15 is 0 Å². The second-order valence-electron chi connectivity index (χ2n) is 9.23. The monoisotopic (exact) mass is 525 g/mol. The number of allylic oxidation sites excluding steroid dienone is 1. The summed E-state index contributed by atoms with van der Waals surface area (Å²) in [4.78, 5) is 39.3. The molecule has 2 N–H and O–H groups in total. The molecule has 1 saturated heterocycles. The molecular formula is C27H28FN3O7. The lowest BCUT2D eigenvalue weighted by Gasteiger charge is -2.34. The van der Waals surface area contributed by atoms with Gasteiger partial charge in [-0.25, -0.2) is 9.18 Å². The Morgan fingerprint density at radius 2 is 2.00 bits per heavy atom. The molecule has 1 fully saturated rings. The van der Waals surface area contributed by atoms with Crippen molar-refractivity contribution in [3.05, 3.63) is 98.4 Å². The van der Waals surface area contributed by atoms with Crippen LogP contribution < -0.4 is 5.32 Å². The van der Waals surface area contributed by atoms with Gasteiger partial charge in [-0.05, 0) is 49.6 Å². The molecule has 2 aromatic carbocycles. The number of esters is 1. The van der Waals surface area contributed by atoms with Crippen LogP contribution in [0.1, 0.15) is 36.8 Å². The number of aliphatic hydroxyl groups is 1. The number of rotatable bonds is 7. The maximum absolute atomic E-state index is 13.6. The molecule has 2 aromatic rings. The van der Waals surface area contributed by atoms with Crippen molar-refractivity contribution >= 4 is 17.6 Å². The van der Waals surface area contributed by atoms with Crippen LogP contribution >= 0.6 is 0 Å². The number of nitro benzene ring substituents is 1. The fourth-order valence-corrected chi connectivity index (χ4v) is 4.87. The van der Waals surface area contributed by atoms with Crippen LogP contribution in [0.5, 0.6) is 0 Å². The number of benzene rings is 2. The fraction of sp³-hybridized carbons (Fsp3) is 0.333. The van der Waals surface area contributed by atoms with Crippen LogP contribution in [0.15, 0.2) is 71.3 Å². The Balaban J connectivity index is 1.61. The number of hydrogen-bond acceptors (Lipinski definition) is 8. The molecule has 0 saturated carbocycles. The number of ether oxygens (including phenoxy) is 2. The number of nitrogens with one attached hydrogen (secondary N) is 1. The van der Waals surface area contributed by atoms with Crippen LogP contribution in [0.2, 0.25) is 0 Å². The van der Waals surface area contributed by atoms with Crippen LogP contribution in [0.3, 0.4) is 0 Å². The van der Waals surface area contributed by atoms with Crippen molar-refractivity contribution in [3.8, 4) is 0 Å². The van der Waals surface area contributed by atoms with Crippen molar-refractivity contribution in [1.82, 2.24) is 10.2 Å². The van der Waals surface area contributed by atoms with E-state index in [1.807, 2.05) is 0 Å². The lowest BCUT2D eigenvalue weighted by atomic mass is 9.80. The van der Waals surface area contributed by atoms with Gasteiger partial charge < -0.3 is 19.9 Å². The Labute approximate surface area is 218 Å². The molecule has 11 heteroatoms. The number of likely N-dealkylation sites (tertiary alicyclic amines) is 1. The van der Waals surface area contributed by atoms with Gasteiger partial charge in [0.1, 0.15) is 17.5 Å². The number of carbonyl (C=O) groups is 2. The van der Waals surface area contributed by atoms with Crippen molar-refractivity contribution in [2.75, 3.05) is 20.2 Å². The van der Waals surface area contributed by atoms with Gasteiger partial charge in [0.25, 0.3) is 17.5 Å². The lowest BCUT2D eigenvalue weighted by Crippen LogP contribution is -2.42. The summed E-state index contributed by atoms with van der Waals surface area (Å²) < 4.78 is 24.1. The zero-order valence-electron chi connectivity index (χ0n) is 21.0. The van der Waals surface area contributed by atoms with Gasteiger partial charge >= 0.3 is 5.97 Å². The number of piperidine rings is 1. The Kier molecular flexibility index (Phi) is 8.06. The molecule has 2 unspecified atom stereocenters. The Bertz CT molecular complexity index is 1310. The fourth-order valence-electron chi connectivity index (χ4n) is 4.87. The van der Waals surface area contributed by atoms with Gasteiger partial charge in [-0.1, -0.05) is 24.3 Å². The Morgan fingerprint density at radius 3 is 2.68 bits per heavy atom. The summed E-state index contributed by atoms with van der Waals surface area (Å²) in [6.07, 6.45) is 0.944. The molecular weight excluding hydrogens is 497 g/mol. The minimum absolute atomic E-state index is 0.0411. The summed E-state index contributed by atoms with van der Waals surface area (Å²) >= 11 is 0. The Morgan fingerprint density at radius 1 is 1.26 bits per heavy atom. The van der Waals surface area contributed by atoms with Crippen LogP contribution in [0.4, 0.5) is 10.1 Å². The molecule has 1 amide bonds. The molecule has 2 atom stereocenters. The number of nitrogens with zero attached hydrogens (tertiary/aromatic N) is 2. The largest absolute Gasteiger partial charge is 0.481 e. The number of nitro groups is 1. The zero-order valence-corrected chi connectivity index (χ0v) is 21.0. The number of methoxy groups -OCH3 is 1. The van der Waals surface area contributed by atoms with Crippen molar-refractivity contribution in [2.45, 2.75) is 38.3 Å². The van der Waals surface area contributed by atoms with Gasteiger partial charge in [0, 0.05) is 30.9 Å². The van der Waals surface area contributed by atoms with Gasteiger partial charge in [-0.3, -0.25) is 19.8 Å². The van der Waals surface area contributed by atoms with E-state index in [4.69, 9.17) is 9.47 Å². The van der Waals surface area contributed by atoms with E-state index in [9.17, 15) is 29.2 Å². The zero-order chi connectivity index (χ0) is 27.4.